The molecule has 2 atom stereocenters. The lowest BCUT2D eigenvalue weighted by atomic mass is 10.0. The fourth-order valence-corrected chi connectivity index (χ4v) is 4.36. The number of quaternary nitrogens is 1. The average molecular weight is 353 g/mol. The van der Waals surface area contributed by atoms with Gasteiger partial charge in [0, 0.05) is 18.9 Å². The van der Waals surface area contributed by atoms with E-state index in [1.807, 2.05) is 23.7 Å². The second-order valence-corrected chi connectivity index (χ2v) is 7.58. The van der Waals surface area contributed by atoms with Crippen molar-refractivity contribution in [1.82, 2.24) is 9.78 Å². The third-order valence-electron chi connectivity index (χ3n) is 4.36. The molecule has 0 saturated carbocycles. The Morgan fingerprint density at radius 2 is 2.22 bits per heavy atom. The first-order valence-electron chi connectivity index (χ1n) is 7.73. The Hall–Kier alpha value is -1.44. The van der Waals surface area contributed by atoms with E-state index in [4.69, 9.17) is 21.7 Å². The highest BCUT2D eigenvalue weighted by Gasteiger charge is 2.32. The molecule has 1 aliphatic rings. The Morgan fingerprint density at radius 3 is 2.87 bits per heavy atom. The molecular formula is C16H22N3O2S2+. The number of hydrogen-bond acceptors (Lipinski definition) is 5. The van der Waals surface area contributed by atoms with Crippen molar-refractivity contribution in [1.29, 1.82) is 0 Å². The van der Waals surface area contributed by atoms with Gasteiger partial charge in [-0.1, -0.05) is 11.3 Å². The van der Waals surface area contributed by atoms with E-state index in [9.17, 15) is 0 Å². The summed E-state index contributed by atoms with van der Waals surface area (Å²) in [5.41, 5.74) is 1.24. The van der Waals surface area contributed by atoms with Crippen LogP contribution in [0.2, 0.25) is 0 Å². The molecule has 1 aromatic carbocycles. The van der Waals surface area contributed by atoms with Crippen LogP contribution in [-0.4, -0.2) is 30.5 Å². The fraction of sp³-hybridized carbons (Fsp3) is 0.500. The minimum absolute atomic E-state index is 0.403. The monoisotopic (exact) mass is 352 g/mol. The third kappa shape index (κ3) is 3.41. The maximum Gasteiger partial charge on any atom is 0.184 e. The molecule has 1 fully saturated rings. The molecule has 0 amide bonds. The summed E-state index contributed by atoms with van der Waals surface area (Å²) in [4.78, 5) is 1.48. The highest BCUT2D eigenvalue weighted by atomic mass is 32.1. The number of methoxy groups -OCH3 is 2. The maximum absolute atomic E-state index is 5.59. The van der Waals surface area contributed by atoms with Gasteiger partial charge >= 0.3 is 0 Å². The Balaban J connectivity index is 1.87. The van der Waals surface area contributed by atoms with Crippen LogP contribution in [0.5, 0.6) is 11.5 Å². The Bertz CT molecular complexity index is 741. The highest BCUT2D eigenvalue weighted by molar-refractivity contribution is 7.73. The van der Waals surface area contributed by atoms with E-state index in [0.29, 0.717) is 6.04 Å². The summed E-state index contributed by atoms with van der Waals surface area (Å²) in [6.45, 7) is 3.93. The van der Waals surface area contributed by atoms with E-state index < -0.39 is 0 Å². The largest absolute Gasteiger partial charge is 0.497 e. The van der Waals surface area contributed by atoms with Gasteiger partial charge in [-0.25, -0.2) is 0 Å². The van der Waals surface area contributed by atoms with Crippen LogP contribution in [0.1, 0.15) is 29.5 Å². The number of likely N-dealkylation sites (tertiary alicyclic amines) is 1. The Labute approximate surface area is 145 Å². The number of nitrogens with one attached hydrogen (secondary N) is 1. The normalized spacial score (nSPS) is 20.7. The number of nitrogens with zero attached hydrogens (tertiary/aromatic N) is 2. The average Bonchev–Trinajstić information content (AvgIpc) is 3.13. The van der Waals surface area contributed by atoms with E-state index in [0.717, 1.165) is 40.1 Å². The molecule has 1 aliphatic heterocycles. The van der Waals surface area contributed by atoms with Gasteiger partial charge in [-0.15, -0.1) is 0 Å². The van der Waals surface area contributed by atoms with Crippen molar-refractivity contribution in [3.8, 4) is 11.5 Å². The topological polar surface area (TPSA) is 40.7 Å². The first kappa shape index (κ1) is 16.4. The zero-order chi connectivity index (χ0) is 16.4. The zero-order valence-electron chi connectivity index (χ0n) is 13.7. The van der Waals surface area contributed by atoms with Crippen molar-refractivity contribution in [2.75, 3.05) is 20.8 Å². The van der Waals surface area contributed by atoms with Gasteiger partial charge in [-0.05, 0) is 31.3 Å². The van der Waals surface area contributed by atoms with E-state index in [2.05, 4.69) is 11.2 Å². The molecule has 0 radical (unpaired) electrons. The van der Waals surface area contributed by atoms with Gasteiger partial charge in [-0.3, -0.25) is 0 Å². The smallest absolute Gasteiger partial charge is 0.184 e. The molecule has 0 spiro atoms. The first-order chi connectivity index (χ1) is 11.1. The molecule has 1 N–H and O–H groups in total. The van der Waals surface area contributed by atoms with E-state index >= 15 is 0 Å². The summed E-state index contributed by atoms with van der Waals surface area (Å²) in [6.07, 6.45) is 2.35. The number of aryl methyl sites for hydroxylation is 1. The molecule has 3 rings (SSSR count). The van der Waals surface area contributed by atoms with Crippen molar-refractivity contribution in [3.05, 3.63) is 32.7 Å². The second kappa shape index (κ2) is 6.98. The predicted molar refractivity (Wildman–Crippen MR) is 93.0 cm³/mol. The van der Waals surface area contributed by atoms with Crippen molar-refractivity contribution >= 4 is 23.6 Å². The van der Waals surface area contributed by atoms with Gasteiger partial charge < -0.3 is 14.4 Å². The summed E-state index contributed by atoms with van der Waals surface area (Å²) >= 11 is 6.98. The molecule has 23 heavy (non-hydrogen) atoms. The van der Waals surface area contributed by atoms with Crippen molar-refractivity contribution in [2.24, 2.45) is 0 Å². The van der Waals surface area contributed by atoms with Gasteiger partial charge in [0.2, 0.25) is 0 Å². The molecule has 2 aromatic rings. The summed E-state index contributed by atoms with van der Waals surface area (Å²) < 4.78 is 13.7. The van der Waals surface area contributed by atoms with Gasteiger partial charge in [-0.2, -0.15) is 9.78 Å². The van der Waals surface area contributed by atoms with Crippen molar-refractivity contribution in [3.63, 3.8) is 0 Å². The fourth-order valence-electron chi connectivity index (χ4n) is 3.29. The maximum atomic E-state index is 5.59. The van der Waals surface area contributed by atoms with Crippen molar-refractivity contribution < 1.29 is 14.4 Å². The highest BCUT2D eigenvalue weighted by Crippen LogP contribution is 2.31. The van der Waals surface area contributed by atoms with E-state index in [1.165, 1.54) is 16.9 Å². The van der Waals surface area contributed by atoms with Crippen LogP contribution in [0.15, 0.2) is 18.2 Å². The van der Waals surface area contributed by atoms with Gasteiger partial charge in [0.1, 0.15) is 22.5 Å². The lowest BCUT2D eigenvalue weighted by Gasteiger charge is -2.23. The van der Waals surface area contributed by atoms with Crippen molar-refractivity contribution in [2.45, 2.75) is 32.5 Å². The summed E-state index contributed by atoms with van der Waals surface area (Å²) in [5, 5.41) is 5.55. The molecule has 0 aliphatic carbocycles. The summed E-state index contributed by atoms with van der Waals surface area (Å²) in [5.74, 6) is 1.72. The molecule has 1 saturated heterocycles. The van der Waals surface area contributed by atoms with Gasteiger partial charge in [0.25, 0.3) is 0 Å². The minimum atomic E-state index is 0.403. The SMILES string of the molecule is COc1ccc([C@H]2CCC[NH+]2Cn2nc(C)sc2=S)c(OC)c1. The molecule has 124 valence electrons. The number of rotatable bonds is 5. The van der Waals surface area contributed by atoms with Crippen LogP contribution in [0.4, 0.5) is 0 Å². The van der Waals surface area contributed by atoms with Crippen LogP contribution < -0.4 is 14.4 Å². The lowest BCUT2D eigenvalue weighted by molar-refractivity contribution is -0.941. The third-order valence-corrected chi connectivity index (χ3v) is 5.58. The van der Waals surface area contributed by atoms with Crippen LogP contribution in [0, 0.1) is 10.9 Å². The molecule has 5 nitrogen and oxygen atoms in total. The number of benzene rings is 1. The summed E-state index contributed by atoms with van der Waals surface area (Å²) in [7, 11) is 3.39. The molecule has 1 unspecified atom stereocenters. The minimum Gasteiger partial charge on any atom is -0.497 e. The predicted octanol–water partition coefficient (Wildman–Crippen LogP) is 2.38. The lowest BCUT2D eigenvalue weighted by Crippen LogP contribution is -3.09. The molecule has 7 heteroatoms. The van der Waals surface area contributed by atoms with Gasteiger partial charge in [0.15, 0.2) is 10.6 Å². The molecular weight excluding hydrogens is 330 g/mol. The zero-order valence-corrected chi connectivity index (χ0v) is 15.3. The number of aromatic nitrogens is 2. The molecule has 2 heterocycles. The number of ether oxygens (including phenoxy) is 2. The Morgan fingerprint density at radius 1 is 1.39 bits per heavy atom. The van der Waals surface area contributed by atoms with Crippen LogP contribution in [0.25, 0.3) is 0 Å². The first-order valence-corrected chi connectivity index (χ1v) is 8.96. The van der Waals surface area contributed by atoms with Gasteiger partial charge in [0.05, 0.1) is 26.3 Å². The number of hydrogen-bond donors (Lipinski definition) is 1. The molecule has 0 bridgehead atoms. The van der Waals surface area contributed by atoms with E-state index in [-0.39, 0.29) is 0 Å². The second-order valence-electron chi connectivity index (χ2n) is 5.76. The van der Waals surface area contributed by atoms with E-state index in [1.54, 1.807) is 25.6 Å². The quantitative estimate of drug-likeness (QED) is 0.839. The van der Waals surface area contributed by atoms with Crippen LogP contribution in [0.3, 0.4) is 0 Å². The van der Waals surface area contributed by atoms with Crippen LogP contribution >= 0.6 is 23.6 Å². The van der Waals surface area contributed by atoms with Crippen LogP contribution in [-0.2, 0) is 6.67 Å². The Kier molecular flexibility index (Phi) is 4.99. The molecule has 1 aromatic heterocycles. The standard InChI is InChI=1S/C16H21N3O2S2/c1-11-17-19(16(22)23-11)10-18-8-4-5-14(18)13-7-6-12(20-2)9-15(13)21-3/h6-7,9,14H,4-5,8,10H2,1-3H3/p+1/t14-/m1/s1. The summed E-state index contributed by atoms with van der Waals surface area (Å²) in [6, 6.07) is 6.50.